The zero-order chi connectivity index (χ0) is 19.0. The molecule has 0 aromatic heterocycles. The largest absolute Gasteiger partial charge is 0.298 e. The maximum atomic E-state index is 12.7. The van der Waals surface area contributed by atoms with E-state index >= 15 is 0 Å². The summed E-state index contributed by atoms with van der Waals surface area (Å²) >= 11 is 0. The SMILES string of the molecule is Cc1cc(C)cc(-c2ccc3c(c2)CN(C(C)C)[C@H](C(=O)C(C)C)C3)c1. The first-order chi connectivity index (χ1) is 12.3. The van der Waals surface area contributed by atoms with Crippen LogP contribution in [-0.2, 0) is 17.8 Å². The molecule has 1 aliphatic rings. The highest BCUT2D eigenvalue weighted by Crippen LogP contribution is 2.31. The number of nitrogens with zero attached hydrogens (tertiary/aromatic N) is 1. The Morgan fingerprint density at radius 1 is 0.923 bits per heavy atom. The average molecular weight is 350 g/mol. The van der Waals surface area contributed by atoms with Crippen molar-refractivity contribution in [1.82, 2.24) is 4.90 Å². The highest BCUT2D eigenvalue weighted by atomic mass is 16.1. The summed E-state index contributed by atoms with van der Waals surface area (Å²) in [5, 5.41) is 0. The molecule has 0 fully saturated rings. The molecular weight excluding hydrogens is 318 g/mol. The van der Waals surface area contributed by atoms with Gasteiger partial charge in [0.05, 0.1) is 6.04 Å². The summed E-state index contributed by atoms with van der Waals surface area (Å²) in [5.41, 5.74) is 7.83. The van der Waals surface area contributed by atoms with Crippen molar-refractivity contribution < 1.29 is 4.79 Å². The third kappa shape index (κ3) is 3.76. The van der Waals surface area contributed by atoms with Crippen LogP contribution >= 0.6 is 0 Å². The van der Waals surface area contributed by atoms with E-state index in [0.717, 1.165) is 13.0 Å². The van der Waals surface area contributed by atoms with Crippen LogP contribution in [0, 0.1) is 19.8 Å². The minimum absolute atomic E-state index is 0.00886. The number of benzene rings is 2. The summed E-state index contributed by atoms with van der Waals surface area (Å²) in [5.74, 6) is 0.445. The minimum Gasteiger partial charge on any atom is -0.298 e. The molecule has 2 heteroatoms. The molecule has 2 aromatic carbocycles. The van der Waals surface area contributed by atoms with E-state index < -0.39 is 0 Å². The van der Waals surface area contributed by atoms with Crippen molar-refractivity contribution in [3.63, 3.8) is 0 Å². The van der Waals surface area contributed by atoms with Crippen LogP contribution in [0.5, 0.6) is 0 Å². The zero-order valence-electron chi connectivity index (χ0n) is 17.0. The summed E-state index contributed by atoms with van der Waals surface area (Å²) in [7, 11) is 0. The summed E-state index contributed by atoms with van der Waals surface area (Å²) in [6.45, 7) is 13.6. The Balaban J connectivity index is 1.98. The van der Waals surface area contributed by atoms with Crippen LogP contribution in [-0.4, -0.2) is 22.8 Å². The molecule has 1 heterocycles. The number of Topliss-reactive ketones (excluding diaryl/α,β-unsaturated/α-hetero) is 1. The van der Waals surface area contributed by atoms with Crippen molar-refractivity contribution in [1.29, 1.82) is 0 Å². The highest BCUT2D eigenvalue weighted by molar-refractivity contribution is 5.86. The van der Waals surface area contributed by atoms with Gasteiger partial charge in [0.15, 0.2) is 5.78 Å². The van der Waals surface area contributed by atoms with E-state index in [4.69, 9.17) is 0 Å². The number of rotatable bonds is 4. The lowest BCUT2D eigenvalue weighted by molar-refractivity contribution is -0.128. The van der Waals surface area contributed by atoms with E-state index in [0.29, 0.717) is 11.8 Å². The smallest absolute Gasteiger partial charge is 0.152 e. The van der Waals surface area contributed by atoms with Crippen LogP contribution in [0.15, 0.2) is 36.4 Å². The molecule has 0 spiro atoms. The van der Waals surface area contributed by atoms with Gasteiger partial charge in [0.2, 0.25) is 0 Å². The molecule has 2 nitrogen and oxygen atoms in total. The van der Waals surface area contributed by atoms with E-state index in [-0.39, 0.29) is 12.0 Å². The van der Waals surface area contributed by atoms with Crippen molar-refractivity contribution in [2.45, 2.75) is 66.6 Å². The van der Waals surface area contributed by atoms with Gasteiger partial charge in [0.1, 0.15) is 0 Å². The molecule has 0 N–H and O–H groups in total. The van der Waals surface area contributed by atoms with Gasteiger partial charge in [-0.25, -0.2) is 0 Å². The Morgan fingerprint density at radius 2 is 1.58 bits per heavy atom. The number of ketones is 1. The van der Waals surface area contributed by atoms with Crippen LogP contribution < -0.4 is 0 Å². The van der Waals surface area contributed by atoms with Gasteiger partial charge < -0.3 is 0 Å². The summed E-state index contributed by atoms with van der Waals surface area (Å²) in [6.07, 6.45) is 0.831. The molecule has 0 saturated heterocycles. The lowest BCUT2D eigenvalue weighted by Gasteiger charge is -2.39. The second-order valence-corrected chi connectivity index (χ2v) is 8.40. The lowest BCUT2D eigenvalue weighted by Crippen LogP contribution is -2.50. The van der Waals surface area contributed by atoms with Crippen LogP contribution in [0.2, 0.25) is 0 Å². The number of carbonyl (C=O) groups excluding carboxylic acids is 1. The fourth-order valence-electron chi connectivity index (χ4n) is 4.12. The number of hydrogen-bond acceptors (Lipinski definition) is 2. The van der Waals surface area contributed by atoms with Crippen molar-refractivity contribution >= 4 is 5.78 Å². The third-order valence-electron chi connectivity index (χ3n) is 5.49. The van der Waals surface area contributed by atoms with E-state index in [1.807, 2.05) is 13.8 Å². The van der Waals surface area contributed by atoms with Gasteiger partial charge in [-0.05, 0) is 62.4 Å². The molecule has 138 valence electrons. The number of hydrogen-bond donors (Lipinski definition) is 0. The summed E-state index contributed by atoms with van der Waals surface area (Å²) in [6, 6.07) is 13.9. The maximum absolute atomic E-state index is 12.7. The van der Waals surface area contributed by atoms with Crippen molar-refractivity contribution in [3.8, 4) is 11.1 Å². The lowest BCUT2D eigenvalue weighted by atomic mass is 9.86. The molecular formula is C24H31NO. The fraction of sp³-hybridized carbons (Fsp3) is 0.458. The predicted molar refractivity (Wildman–Crippen MR) is 109 cm³/mol. The van der Waals surface area contributed by atoms with Crippen molar-refractivity contribution in [2.24, 2.45) is 5.92 Å². The molecule has 0 radical (unpaired) electrons. The van der Waals surface area contributed by atoms with Crippen LogP contribution in [0.4, 0.5) is 0 Å². The number of fused-ring (bicyclic) bond motifs is 1. The van der Waals surface area contributed by atoms with E-state index in [9.17, 15) is 4.79 Å². The van der Waals surface area contributed by atoms with E-state index in [1.165, 1.54) is 33.4 Å². The van der Waals surface area contributed by atoms with Gasteiger partial charge in [-0.3, -0.25) is 9.69 Å². The standard InChI is InChI=1S/C24H31NO/c1-15(2)24(26)23-13-20-8-7-19(12-22(20)14-25(23)16(3)4)21-10-17(5)9-18(6)11-21/h7-12,15-16,23H,13-14H2,1-6H3/t23-/m0/s1. The molecule has 0 unspecified atom stereocenters. The number of carbonyl (C=O) groups is 1. The van der Waals surface area contributed by atoms with Gasteiger partial charge in [-0.15, -0.1) is 0 Å². The van der Waals surface area contributed by atoms with Gasteiger partial charge >= 0.3 is 0 Å². The van der Waals surface area contributed by atoms with Gasteiger partial charge in [-0.2, -0.15) is 0 Å². The first-order valence-electron chi connectivity index (χ1n) is 9.76. The molecule has 0 bridgehead atoms. The Kier molecular flexibility index (Phi) is 5.34. The molecule has 0 aliphatic carbocycles. The fourth-order valence-corrected chi connectivity index (χ4v) is 4.12. The van der Waals surface area contributed by atoms with Crippen molar-refractivity contribution in [3.05, 3.63) is 58.7 Å². The first kappa shape index (κ1) is 18.8. The minimum atomic E-state index is 0.00886. The summed E-state index contributed by atoms with van der Waals surface area (Å²) < 4.78 is 0. The predicted octanol–water partition coefficient (Wildman–Crippen LogP) is 5.33. The normalized spacial score (nSPS) is 17.6. The Bertz CT molecular complexity index is 799. The molecule has 1 aliphatic heterocycles. The highest BCUT2D eigenvalue weighted by Gasteiger charge is 2.33. The maximum Gasteiger partial charge on any atom is 0.152 e. The zero-order valence-corrected chi connectivity index (χ0v) is 17.0. The average Bonchev–Trinajstić information content (AvgIpc) is 2.58. The Hall–Kier alpha value is -1.93. The second kappa shape index (κ2) is 7.36. The number of aryl methyl sites for hydroxylation is 2. The van der Waals surface area contributed by atoms with Gasteiger partial charge in [0.25, 0.3) is 0 Å². The van der Waals surface area contributed by atoms with Gasteiger partial charge in [0, 0.05) is 18.5 Å². The quantitative estimate of drug-likeness (QED) is 0.743. The van der Waals surface area contributed by atoms with Crippen LogP contribution in [0.3, 0.4) is 0 Å². The Labute approximate surface area is 158 Å². The molecule has 1 atom stereocenters. The third-order valence-corrected chi connectivity index (χ3v) is 5.49. The molecule has 3 rings (SSSR count). The molecule has 26 heavy (non-hydrogen) atoms. The van der Waals surface area contributed by atoms with Crippen LogP contribution in [0.1, 0.15) is 49.9 Å². The monoisotopic (exact) mass is 349 g/mol. The summed E-state index contributed by atoms with van der Waals surface area (Å²) in [4.78, 5) is 15.1. The molecule has 2 aromatic rings. The first-order valence-corrected chi connectivity index (χ1v) is 9.76. The Morgan fingerprint density at radius 3 is 2.15 bits per heavy atom. The van der Waals surface area contributed by atoms with Crippen molar-refractivity contribution in [2.75, 3.05) is 0 Å². The van der Waals surface area contributed by atoms with Crippen LogP contribution in [0.25, 0.3) is 11.1 Å². The molecule has 0 saturated carbocycles. The van der Waals surface area contributed by atoms with Gasteiger partial charge in [-0.1, -0.05) is 55.3 Å². The second-order valence-electron chi connectivity index (χ2n) is 8.40. The van der Waals surface area contributed by atoms with E-state index in [2.05, 4.69) is 69.0 Å². The topological polar surface area (TPSA) is 20.3 Å². The molecule has 0 amide bonds. The van der Waals surface area contributed by atoms with E-state index in [1.54, 1.807) is 0 Å².